The van der Waals surface area contributed by atoms with E-state index in [0.717, 1.165) is 4.90 Å². The van der Waals surface area contributed by atoms with Gasteiger partial charge in [0.05, 0.1) is 21.4 Å². The molecule has 0 saturated heterocycles. The van der Waals surface area contributed by atoms with Crippen molar-refractivity contribution in [3.63, 3.8) is 0 Å². The monoisotopic (exact) mass is 503 g/mol. The number of carbonyl (C=O) groups is 3. The van der Waals surface area contributed by atoms with E-state index in [1.54, 1.807) is 18.2 Å². The lowest BCUT2D eigenvalue weighted by Crippen LogP contribution is -2.32. The summed E-state index contributed by atoms with van der Waals surface area (Å²) in [7, 11) is 0. The maximum absolute atomic E-state index is 13.8. The summed E-state index contributed by atoms with van der Waals surface area (Å²) in [4.78, 5) is 39.0. The number of para-hydroxylation sites is 1. The Hall–Kier alpha value is -3.39. The van der Waals surface area contributed by atoms with Gasteiger partial charge in [0, 0.05) is 11.3 Å². The zero-order chi connectivity index (χ0) is 23.7. The Bertz CT molecular complexity index is 1340. The van der Waals surface area contributed by atoms with E-state index in [-0.39, 0.29) is 37.7 Å². The Morgan fingerprint density at radius 1 is 0.848 bits per heavy atom. The fourth-order valence-electron chi connectivity index (χ4n) is 3.11. The molecule has 0 aromatic heterocycles. The van der Waals surface area contributed by atoms with E-state index in [9.17, 15) is 18.8 Å². The third-order valence-electron chi connectivity index (χ3n) is 4.70. The summed E-state index contributed by atoms with van der Waals surface area (Å²) in [5, 5.41) is 5.37. The summed E-state index contributed by atoms with van der Waals surface area (Å²) in [5.41, 5.74) is 0.576. The van der Waals surface area contributed by atoms with Crippen molar-refractivity contribution in [2.45, 2.75) is 0 Å². The second-order valence-corrected chi connectivity index (χ2v) is 8.07. The minimum absolute atomic E-state index is 0.0282. The Labute approximate surface area is 202 Å². The lowest BCUT2D eigenvalue weighted by Gasteiger charge is -2.16. The van der Waals surface area contributed by atoms with Crippen LogP contribution < -0.4 is 15.5 Å². The molecule has 0 unspecified atom stereocenters. The first-order chi connectivity index (χ1) is 15.8. The van der Waals surface area contributed by atoms with Crippen LogP contribution in [-0.2, 0) is 9.59 Å². The number of nitrogens with one attached hydrogen (secondary N) is 2. The number of amides is 3. The number of rotatable bonds is 5. The third-order valence-corrected chi connectivity index (χ3v) is 5.79. The number of hydrogen-bond donors (Lipinski definition) is 2. The molecule has 3 aromatic rings. The number of carbonyl (C=O) groups excluding carboxylic acids is 3. The van der Waals surface area contributed by atoms with Crippen molar-refractivity contribution in [3.8, 4) is 0 Å². The molecule has 6 nitrogen and oxygen atoms in total. The van der Waals surface area contributed by atoms with E-state index >= 15 is 0 Å². The van der Waals surface area contributed by atoms with Crippen molar-refractivity contribution >= 4 is 69.6 Å². The van der Waals surface area contributed by atoms with Crippen molar-refractivity contribution < 1.29 is 18.8 Å². The Kier molecular flexibility index (Phi) is 6.37. The van der Waals surface area contributed by atoms with Gasteiger partial charge in [-0.3, -0.25) is 14.4 Å². The molecule has 0 radical (unpaired) electrons. The highest BCUT2D eigenvalue weighted by atomic mass is 35.5. The topological polar surface area (TPSA) is 78.5 Å². The molecular weight excluding hydrogens is 492 g/mol. The maximum atomic E-state index is 13.8. The fourth-order valence-corrected chi connectivity index (χ4v) is 3.61. The molecule has 1 aliphatic rings. The van der Waals surface area contributed by atoms with Gasteiger partial charge >= 0.3 is 0 Å². The molecule has 1 heterocycles. The summed E-state index contributed by atoms with van der Waals surface area (Å²) in [6.07, 6.45) is 0. The fraction of sp³-hybridized carbons (Fsp3) is 0. The van der Waals surface area contributed by atoms with Gasteiger partial charge in [-0.1, -0.05) is 53.0 Å². The molecule has 1 aliphatic heterocycles. The average molecular weight is 505 g/mol. The van der Waals surface area contributed by atoms with E-state index in [1.165, 1.54) is 48.5 Å². The summed E-state index contributed by atoms with van der Waals surface area (Å²) in [5.74, 6) is -2.58. The van der Waals surface area contributed by atoms with E-state index in [0.29, 0.717) is 5.69 Å². The predicted molar refractivity (Wildman–Crippen MR) is 126 cm³/mol. The zero-order valence-corrected chi connectivity index (χ0v) is 18.8. The van der Waals surface area contributed by atoms with Gasteiger partial charge in [-0.25, -0.2) is 9.29 Å². The van der Waals surface area contributed by atoms with Crippen LogP contribution in [0.15, 0.2) is 77.5 Å². The molecule has 0 bridgehead atoms. The summed E-state index contributed by atoms with van der Waals surface area (Å²) >= 11 is 18.0. The van der Waals surface area contributed by atoms with Gasteiger partial charge in [0.25, 0.3) is 17.7 Å². The Balaban J connectivity index is 1.56. The maximum Gasteiger partial charge on any atom is 0.283 e. The van der Waals surface area contributed by atoms with Gasteiger partial charge in [0.1, 0.15) is 16.5 Å². The van der Waals surface area contributed by atoms with Gasteiger partial charge < -0.3 is 10.6 Å². The number of nitrogens with zero attached hydrogens (tertiary/aromatic N) is 1. The van der Waals surface area contributed by atoms with E-state index in [4.69, 9.17) is 34.8 Å². The third kappa shape index (κ3) is 4.57. The van der Waals surface area contributed by atoms with Crippen molar-refractivity contribution in [3.05, 3.63) is 98.9 Å². The van der Waals surface area contributed by atoms with Gasteiger partial charge in [-0.2, -0.15) is 0 Å². The molecule has 0 spiro atoms. The Morgan fingerprint density at radius 2 is 1.61 bits per heavy atom. The number of benzene rings is 3. The first kappa shape index (κ1) is 22.8. The molecule has 33 heavy (non-hydrogen) atoms. The number of imide groups is 1. The molecule has 3 aromatic carbocycles. The standard InChI is InChI=1S/C23H13Cl3FN3O3/c24-15-9-8-14(11-16(15)25)30-22(32)19(26)20(23(30)33)28-13-5-3-4-12(10-13)21(31)29-18-7-2-1-6-17(18)27/h1-11,28H,(H,29,31). The molecular formula is C23H13Cl3FN3O3. The average Bonchev–Trinajstić information content (AvgIpc) is 3.00. The molecule has 0 atom stereocenters. The second kappa shape index (κ2) is 9.23. The van der Waals surface area contributed by atoms with Gasteiger partial charge in [0.15, 0.2) is 0 Å². The smallest absolute Gasteiger partial charge is 0.283 e. The van der Waals surface area contributed by atoms with Crippen molar-refractivity contribution in [1.29, 1.82) is 0 Å². The molecule has 0 fully saturated rings. The van der Waals surface area contributed by atoms with Crippen molar-refractivity contribution in [2.24, 2.45) is 0 Å². The van der Waals surface area contributed by atoms with Crippen LogP contribution in [0.2, 0.25) is 10.0 Å². The lowest BCUT2D eigenvalue weighted by molar-refractivity contribution is -0.120. The van der Waals surface area contributed by atoms with E-state index in [2.05, 4.69) is 10.6 Å². The van der Waals surface area contributed by atoms with Crippen LogP contribution in [0.25, 0.3) is 0 Å². The molecule has 10 heteroatoms. The van der Waals surface area contributed by atoms with Crippen LogP contribution in [0.3, 0.4) is 0 Å². The van der Waals surface area contributed by atoms with Gasteiger partial charge in [-0.15, -0.1) is 0 Å². The SMILES string of the molecule is O=C(Nc1ccccc1F)c1cccc(NC2=C(Cl)C(=O)N(c3ccc(Cl)c(Cl)c3)C2=O)c1. The molecule has 2 N–H and O–H groups in total. The highest BCUT2D eigenvalue weighted by Crippen LogP contribution is 2.33. The van der Waals surface area contributed by atoms with Crippen LogP contribution in [0.5, 0.6) is 0 Å². The van der Waals surface area contributed by atoms with Crippen LogP contribution in [-0.4, -0.2) is 17.7 Å². The van der Waals surface area contributed by atoms with Crippen molar-refractivity contribution in [2.75, 3.05) is 15.5 Å². The number of halogens is 4. The van der Waals surface area contributed by atoms with Gasteiger partial charge in [-0.05, 0) is 48.5 Å². The number of hydrogen-bond acceptors (Lipinski definition) is 4. The minimum Gasteiger partial charge on any atom is -0.350 e. The van der Waals surface area contributed by atoms with Crippen molar-refractivity contribution in [1.82, 2.24) is 0 Å². The quantitative estimate of drug-likeness (QED) is 0.429. The first-order valence-electron chi connectivity index (χ1n) is 9.43. The normalized spacial score (nSPS) is 13.5. The second-order valence-electron chi connectivity index (χ2n) is 6.87. The van der Waals surface area contributed by atoms with Crippen LogP contribution in [0.1, 0.15) is 10.4 Å². The zero-order valence-electron chi connectivity index (χ0n) is 16.5. The van der Waals surface area contributed by atoms with Crippen LogP contribution >= 0.6 is 34.8 Å². The molecule has 0 saturated carbocycles. The predicted octanol–water partition coefficient (Wildman–Crippen LogP) is 5.82. The van der Waals surface area contributed by atoms with E-state index < -0.39 is 23.5 Å². The molecule has 0 aliphatic carbocycles. The largest absolute Gasteiger partial charge is 0.350 e. The summed E-state index contributed by atoms with van der Waals surface area (Å²) in [6.45, 7) is 0. The number of anilines is 3. The lowest BCUT2D eigenvalue weighted by atomic mass is 10.1. The Morgan fingerprint density at radius 3 is 2.33 bits per heavy atom. The molecule has 4 rings (SSSR count). The highest BCUT2D eigenvalue weighted by molar-refractivity contribution is 6.53. The summed E-state index contributed by atoms with van der Waals surface area (Å²) in [6, 6.07) is 16.1. The first-order valence-corrected chi connectivity index (χ1v) is 10.6. The molecule has 166 valence electrons. The molecule has 3 amide bonds. The van der Waals surface area contributed by atoms with Crippen LogP contribution in [0.4, 0.5) is 21.5 Å². The minimum atomic E-state index is -0.740. The van der Waals surface area contributed by atoms with Crippen LogP contribution in [0, 0.1) is 5.82 Å². The van der Waals surface area contributed by atoms with Gasteiger partial charge in [0.2, 0.25) is 0 Å². The van der Waals surface area contributed by atoms with E-state index in [1.807, 2.05) is 0 Å². The summed E-state index contributed by atoms with van der Waals surface area (Å²) < 4.78 is 13.8. The highest BCUT2D eigenvalue weighted by Gasteiger charge is 2.39.